The molecule has 17 rings (SSSR count). The molecule has 0 saturated carbocycles. The van der Waals surface area contributed by atoms with Crippen LogP contribution in [-0.2, 0) is 0 Å². The molecule has 17 aromatic rings. The zero-order valence-corrected chi connectivity index (χ0v) is 44.4. The van der Waals surface area contributed by atoms with E-state index in [2.05, 4.69) is 297 Å². The summed E-state index contributed by atoms with van der Waals surface area (Å²) in [5, 5.41) is 9.63. The molecule has 11 aromatic carbocycles. The lowest BCUT2D eigenvalue weighted by molar-refractivity contribution is 1.13. The quantitative estimate of drug-likeness (QED) is 0.152. The SMILES string of the molecule is c1ccc(-c2cccc(-c3cccc(-n4c5ccccc5c5cc6c(cc54)c4ccccc4n6-c4cccc(-n5c6ccccc6c6c5ccc5c7ccccc7n(-c7cccc(-c8cccc(-c9ccccc9)n8)c7)c56)c4)c3)n2)cc1. The van der Waals surface area contributed by atoms with Crippen LogP contribution in [0.1, 0.15) is 0 Å². The van der Waals surface area contributed by atoms with Gasteiger partial charge in [-0.25, -0.2) is 9.97 Å². The Morgan fingerprint density at radius 2 is 0.549 bits per heavy atom. The molecule has 0 aliphatic carbocycles. The molecule has 0 amide bonds. The molecule has 0 bridgehead atoms. The Labute approximate surface area is 471 Å². The van der Waals surface area contributed by atoms with Crippen molar-refractivity contribution < 1.29 is 0 Å². The molecule has 382 valence electrons. The first-order valence-electron chi connectivity index (χ1n) is 28.0. The number of nitrogens with zero attached hydrogens (tertiary/aromatic N) is 6. The largest absolute Gasteiger partial charge is 0.309 e. The third-order valence-corrected chi connectivity index (χ3v) is 16.7. The number of fused-ring (bicyclic) bond motifs is 13. The number of para-hydroxylation sites is 4. The number of pyridine rings is 2. The molecule has 0 saturated heterocycles. The fraction of sp³-hybridized carbons (Fsp3) is 0. The van der Waals surface area contributed by atoms with Crippen molar-refractivity contribution in [2.24, 2.45) is 0 Å². The fourth-order valence-electron chi connectivity index (χ4n) is 13.2. The van der Waals surface area contributed by atoms with E-state index in [9.17, 15) is 0 Å². The van der Waals surface area contributed by atoms with Gasteiger partial charge in [-0.15, -0.1) is 0 Å². The predicted octanol–water partition coefficient (Wildman–Crippen LogP) is 19.5. The number of aromatic nitrogens is 6. The Morgan fingerprint density at radius 1 is 0.195 bits per heavy atom. The van der Waals surface area contributed by atoms with Crippen LogP contribution >= 0.6 is 0 Å². The molecule has 0 atom stereocenters. The highest BCUT2D eigenvalue weighted by Crippen LogP contribution is 2.44. The minimum absolute atomic E-state index is 0.936. The van der Waals surface area contributed by atoms with Gasteiger partial charge in [0.25, 0.3) is 0 Å². The highest BCUT2D eigenvalue weighted by molar-refractivity contribution is 6.26. The Kier molecular flexibility index (Phi) is 10.2. The first-order chi connectivity index (χ1) is 40.7. The van der Waals surface area contributed by atoms with Crippen molar-refractivity contribution in [3.8, 4) is 67.8 Å². The van der Waals surface area contributed by atoms with Gasteiger partial charge >= 0.3 is 0 Å². The molecule has 0 unspecified atom stereocenters. The normalized spacial score (nSPS) is 11.9. The second kappa shape index (κ2) is 18.2. The summed E-state index contributed by atoms with van der Waals surface area (Å²) < 4.78 is 9.83. The van der Waals surface area contributed by atoms with E-state index >= 15 is 0 Å². The second-order valence-corrected chi connectivity index (χ2v) is 21.3. The summed E-state index contributed by atoms with van der Waals surface area (Å²) in [5.41, 5.74) is 21.7. The Bertz CT molecular complexity index is 5410. The third-order valence-electron chi connectivity index (χ3n) is 16.7. The van der Waals surface area contributed by atoms with Crippen LogP contribution in [0.15, 0.2) is 291 Å². The van der Waals surface area contributed by atoms with E-state index < -0.39 is 0 Å². The molecule has 6 aromatic heterocycles. The smallest absolute Gasteiger partial charge is 0.0710 e. The molecule has 6 nitrogen and oxygen atoms in total. The van der Waals surface area contributed by atoms with Crippen LogP contribution < -0.4 is 0 Å². The van der Waals surface area contributed by atoms with Gasteiger partial charge in [-0.1, -0.05) is 182 Å². The van der Waals surface area contributed by atoms with Gasteiger partial charge in [0.2, 0.25) is 0 Å². The van der Waals surface area contributed by atoms with Crippen molar-refractivity contribution in [2.45, 2.75) is 0 Å². The standard InChI is InChI=1S/C76H48N6/c1-3-20-49(21-4-1)64-34-18-36-66(77-64)51-24-15-26-53(44-51)80-68-38-11-8-31-58(68)62-48-74-63(47-73(62)80)59-32-9-12-39-69(59)81(74)56-29-17-28-55(46-56)79-71-41-14-10-33-61(71)75-72(79)43-42-60-57-30-7-13-40-70(57)82(76(60)75)54-27-16-25-52(45-54)67-37-19-35-65(78-67)50-22-5-2-6-23-50/h1-48H. The Morgan fingerprint density at radius 3 is 1.06 bits per heavy atom. The van der Waals surface area contributed by atoms with E-state index in [1.54, 1.807) is 0 Å². The minimum Gasteiger partial charge on any atom is -0.309 e. The highest BCUT2D eigenvalue weighted by atomic mass is 15.0. The fourth-order valence-corrected chi connectivity index (χ4v) is 13.2. The first-order valence-corrected chi connectivity index (χ1v) is 28.0. The average Bonchev–Trinajstić information content (AvgIpc) is 2.00. The molecule has 0 spiro atoms. The van der Waals surface area contributed by atoms with Gasteiger partial charge in [0.15, 0.2) is 0 Å². The average molecular weight is 1050 g/mol. The number of rotatable bonds is 8. The second-order valence-electron chi connectivity index (χ2n) is 21.3. The van der Waals surface area contributed by atoms with E-state index in [0.29, 0.717) is 0 Å². The van der Waals surface area contributed by atoms with Crippen molar-refractivity contribution in [1.29, 1.82) is 0 Å². The molecular formula is C76H48N6. The van der Waals surface area contributed by atoms with Crippen molar-refractivity contribution in [2.75, 3.05) is 0 Å². The van der Waals surface area contributed by atoms with Gasteiger partial charge in [0.05, 0.1) is 66.9 Å². The summed E-state index contributed by atoms with van der Waals surface area (Å²) in [4.78, 5) is 10.3. The predicted molar refractivity (Wildman–Crippen MR) is 341 cm³/mol. The topological polar surface area (TPSA) is 45.5 Å². The van der Waals surface area contributed by atoms with Gasteiger partial charge in [0.1, 0.15) is 0 Å². The molecular weight excluding hydrogens is 997 g/mol. The van der Waals surface area contributed by atoms with Crippen LogP contribution in [0, 0.1) is 0 Å². The van der Waals surface area contributed by atoms with Crippen molar-refractivity contribution >= 4 is 87.2 Å². The van der Waals surface area contributed by atoms with E-state index in [1.807, 2.05) is 12.1 Å². The lowest BCUT2D eigenvalue weighted by atomic mass is 10.1. The molecule has 0 aliphatic rings. The van der Waals surface area contributed by atoms with Crippen molar-refractivity contribution in [1.82, 2.24) is 28.2 Å². The maximum atomic E-state index is 5.19. The number of hydrogen-bond donors (Lipinski definition) is 0. The Hall–Kier alpha value is -11.1. The van der Waals surface area contributed by atoms with E-state index in [0.717, 1.165) is 106 Å². The molecule has 0 fully saturated rings. The van der Waals surface area contributed by atoms with Crippen molar-refractivity contribution in [3.63, 3.8) is 0 Å². The maximum absolute atomic E-state index is 5.19. The zero-order chi connectivity index (χ0) is 53.8. The summed E-state index contributed by atoms with van der Waals surface area (Å²) in [7, 11) is 0. The Balaban J connectivity index is 0.834. The molecule has 6 heterocycles. The first kappa shape index (κ1) is 45.9. The van der Waals surface area contributed by atoms with Crippen LogP contribution in [-0.4, -0.2) is 28.2 Å². The molecule has 0 aliphatic heterocycles. The van der Waals surface area contributed by atoms with Crippen molar-refractivity contribution in [3.05, 3.63) is 291 Å². The molecule has 82 heavy (non-hydrogen) atoms. The van der Waals surface area contributed by atoms with Gasteiger partial charge in [-0.05, 0) is 109 Å². The summed E-state index contributed by atoms with van der Waals surface area (Å²) >= 11 is 0. The number of benzene rings is 11. The highest BCUT2D eigenvalue weighted by Gasteiger charge is 2.23. The van der Waals surface area contributed by atoms with Crippen LogP contribution in [0.3, 0.4) is 0 Å². The summed E-state index contributed by atoms with van der Waals surface area (Å²) in [6, 6.07) is 105. The number of hydrogen-bond acceptors (Lipinski definition) is 2. The van der Waals surface area contributed by atoms with Gasteiger partial charge in [-0.2, -0.15) is 0 Å². The maximum Gasteiger partial charge on any atom is 0.0710 e. The summed E-state index contributed by atoms with van der Waals surface area (Å²) in [5.74, 6) is 0. The van der Waals surface area contributed by atoms with Gasteiger partial charge in [-0.3, -0.25) is 0 Å². The van der Waals surface area contributed by atoms with E-state index in [1.165, 1.54) is 48.6 Å². The van der Waals surface area contributed by atoms with Crippen LogP contribution in [0.5, 0.6) is 0 Å². The molecule has 0 N–H and O–H groups in total. The lowest BCUT2D eigenvalue weighted by Gasteiger charge is -2.13. The lowest BCUT2D eigenvalue weighted by Crippen LogP contribution is -1.99. The molecule has 0 radical (unpaired) electrons. The van der Waals surface area contributed by atoms with Gasteiger partial charge < -0.3 is 18.3 Å². The minimum atomic E-state index is 0.936. The molecule has 6 heteroatoms. The van der Waals surface area contributed by atoms with Gasteiger partial charge in [0, 0.05) is 88.1 Å². The third kappa shape index (κ3) is 7.08. The zero-order valence-electron chi connectivity index (χ0n) is 44.4. The van der Waals surface area contributed by atoms with Crippen LogP contribution in [0.2, 0.25) is 0 Å². The van der Waals surface area contributed by atoms with Crippen LogP contribution in [0.25, 0.3) is 155 Å². The van der Waals surface area contributed by atoms with E-state index in [4.69, 9.17) is 9.97 Å². The van der Waals surface area contributed by atoms with Crippen LogP contribution in [0.4, 0.5) is 0 Å². The monoisotopic (exact) mass is 1040 g/mol. The summed E-state index contributed by atoms with van der Waals surface area (Å²) in [6.45, 7) is 0. The van der Waals surface area contributed by atoms with E-state index in [-0.39, 0.29) is 0 Å². The summed E-state index contributed by atoms with van der Waals surface area (Å²) in [6.07, 6.45) is 0.